The minimum absolute atomic E-state index is 0. The highest BCUT2D eigenvalue weighted by Gasteiger charge is 2.66. The number of ether oxygens (including phenoxy) is 12. The Morgan fingerprint density at radius 3 is 1.22 bits per heavy atom. The van der Waals surface area contributed by atoms with Crippen molar-refractivity contribution in [2.24, 2.45) is 104 Å². The number of carbonyl (C=O) groups is 10. The molecule has 17 fully saturated rings. The number of esters is 10. The molecule has 17 aliphatic rings. The summed E-state index contributed by atoms with van der Waals surface area (Å²) < 4.78 is 117. The van der Waals surface area contributed by atoms with E-state index in [-0.39, 0.29) is 208 Å². The van der Waals surface area contributed by atoms with Crippen LogP contribution in [-0.2, 0) is 105 Å². The summed E-state index contributed by atoms with van der Waals surface area (Å²) in [4.78, 5) is 120. The molecule has 13 saturated carbocycles. The number of fused-ring (bicyclic) bond motifs is 2. The second-order valence-corrected chi connectivity index (χ2v) is 43.1. The number of alkyl halides is 4. The van der Waals surface area contributed by atoms with Crippen molar-refractivity contribution in [3.63, 3.8) is 0 Å². The zero-order chi connectivity index (χ0) is 90.7. The molecule has 0 aromatic rings. The average Bonchev–Trinajstić information content (AvgIpc) is 0.736. The third-order valence-corrected chi connectivity index (χ3v) is 31.5. The van der Waals surface area contributed by atoms with Crippen LogP contribution in [0.1, 0.15) is 427 Å². The minimum Gasteiger partial charge on any atom is -0.460 e. The van der Waals surface area contributed by atoms with Crippen LogP contribution in [0.25, 0.3) is 0 Å². The summed E-state index contributed by atoms with van der Waals surface area (Å²) in [5.41, 5.74) is -4.27. The van der Waals surface area contributed by atoms with Crippen molar-refractivity contribution in [2.75, 3.05) is 33.0 Å². The Balaban J connectivity index is -0.000000746. The Hall–Kier alpha value is -5.70. The van der Waals surface area contributed by atoms with Crippen molar-refractivity contribution < 1.29 is 127 Å². The van der Waals surface area contributed by atoms with Gasteiger partial charge in [-0.15, -0.1) is 0 Å². The Morgan fingerprint density at radius 2 is 0.799 bits per heavy atom. The fourth-order valence-electron chi connectivity index (χ4n) is 21.3. The standard InChI is InChI=1S/C18H26O6.C18H30O2.C16H22O6.C16H26O3.C14H26O2.C13H20F4O4.12CH4/c1-4-18(2,3)17(21)22-9-14(19)24-15-11-5-10-6-12(8-11)16(20)23-13(15)7-10;1-5-17(3,4)16(19)20-18(6-2)14-8-12-7-13(10-14)11-15(18)9-12;1-4-16(2,3)15(19)20-7-11(17)21-12-8-5-9-10(6-8)14(18)22-13(9)12;1-4-14(2,3)13(17)19-16-8-11-5-12(9-16)7-15(18,6-11)10-16;1-5-13(3,4)12(15)16-14(6-2)10-8-7-9-11-14;1-5-10(2,3)9(18)19-6-11(4)20-7-12(14,15)13(16,17)8-21-11;;;;;;;;;;;;/h10-13,15H,4-9H2,1-3H3;12-15H,5-11H2,1-4H3;8-10,12-13H,4-7H2,1-3H3;11-12,18H,4-10H2,1-3H3;5-11H2,1-4H3;5-8H2,1-4H3;12*1H4. The molecule has 4 saturated heterocycles. The van der Waals surface area contributed by atoms with Gasteiger partial charge in [-0.1, -0.05) is 151 Å². The van der Waals surface area contributed by atoms with Crippen LogP contribution in [0.15, 0.2) is 0 Å². The lowest BCUT2D eigenvalue weighted by atomic mass is 9.49. The number of carbonyl (C=O) groups excluding carboxylic acids is 10. The first kappa shape index (κ1) is 135. The van der Waals surface area contributed by atoms with Crippen LogP contribution in [0.2, 0.25) is 0 Å². The van der Waals surface area contributed by atoms with E-state index in [2.05, 4.69) is 20.8 Å². The van der Waals surface area contributed by atoms with E-state index in [0.29, 0.717) is 55.3 Å². The molecule has 4 heterocycles. The molecule has 1 N–H and O–H groups in total. The highest BCUT2D eigenvalue weighted by atomic mass is 19.3. The Kier molecular flexibility index (Phi) is 52.4. The van der Waals surface area contributed by atoms with Gasteiger partial charge in [0.25, 0.3) is 0 Å². The quantitative estimate of drug-likeness (QED) is 0.0504. The maximum atomic E-state index is 13.2. The zero-order valence-corrected chi connectivity index (χ0v) is 77.4. The number of aliphatic hydroxyl groups is 1. The summed E-state index contributed by atoms with van der Waals surface area (Å²) in [5, 5.41) is 10.6. The first-order valence-corrected chi connectivity index (χ1v) is 46.4. The summed E-state index contributed by atoms with van der Waals surface area (Å²) in [6.07, 6.45) is 27.9. The first-order valence-electron chi connectivity index (χ1n) is 46.4. The van der Waals surface area contributed by atoms with Gasteiger partial charge < -0.3 is 61.9 Å². The number of halogens is 4. The van der Waals surface area contributed by atoms with Crippen LogP contribution < -0.4 is 0 Å². The Bertz CT molecular complexity index is 3630. The molecular weight excluding hydrogens is 1730 g/mol. The van der Waals surface area contributed by atoms with Crippen LogP contribution in [0.3, 0.4) is 0 Å². The largest absolute Gasteiger partial charge is 0.460 e. The van der Waals surface area contributed by atoms with Gasteiger partial charge in [-0.2, -0.15) is 17.6 Å². The molecule has 0 aromatic heterocycles. The molecule has 23 nitrogen and oxygen atoms in total. The van der Waals surface area contributed by atoms with Crippen LogP contribution in [-0.4, -0.2) is 162 Å². The minimum atomic E-state index is -4.34. The maximum Gasteiger partial charge on any atom is 0.344 e. The van der Waals surface area contributed by atoms with Crippen LogP contribution in [0.4, 0.5) is 17.6 Å². The lowest BCUT2D eigenvalue weighted by Crippen LogP contribution is -2.61. The third-order valence-electron chi connectivity index (χ3n) is 31.5. The topological polar surface area (TPSA) is 302 Å². The summed E-state index contributed by atoms with van der Waals surface area (Å²) in [5.74, 6) is -8.17. The van der Waals surface area contributed by atoms with Gasteiger partial charge in [0.1, 0.15) is 61.0 Å². The van der Waals surface area contributed by atoms with Crippen molar-refractivity contribution in [1.82, 2.24) is 0 Å². The van der Waals surface area contributed by atoms with Crippen molar-refractivity contribution in [2.45, 2.75) is 492 Å². The van der Waals surface area contributed by atoms with Crippen LogP contribution in [0.5, 0.6) is 0 Å². The van der Waals surface area contributed by atoms with Crippen molar-refractivity contribution in [1.29, 1.82) is 0 Å². The van der Waals surface area contributed by atoms with Crippen LogP contribution >= 0.6 is 0 Å². The fraction of sp³-hybridized carbons (Fsp3) is 0.907. The molecular formula is C107H198F4O23. The molecule has 0 radical (unpaired) electrons. The van der Waals surface area contributed by atoms with Gasteiger partial charge >= 0.3 is 71.5 Å². The smallest absolute Gasteiger partial charge is 0.344 e. The average molecular weight is 1930 g/mol. The Labute approximate surface area is 811 Å². The van der Waals surface area contributed by atoms with E-state index in [1.807, 2.05) is 69.2 Å². The van der Waals surface area contributed by atoms with Crippen molar-refractivity contribution in [3.8, 4) is 0 Å². The van der Waals surface area contributed by atoms with E-state index in [1.165, 1.54) is 64.7 Å². The highest BCUT2D eigenvalue weighted by Crippen LogP contribution is 2.63. The second kappa shape index (κ2) is 52.2. The fourth-order valence-corrected chi connectivity index (χ4v) is 21.3. The first-order chi connectivity index (χ1) is 56.6. The predicted molar refractivity (Wildman–Crippen MR) is 523 cm³/mol. The molecule has 0 spiro atoms. The van der Waals surface area contributed by atoms with Gasteiger partial charge in [0.2, 0.25) is 5.79 Å². The van der Waals surface area contributed by atoms with E-state index in [4.69, 9.17) is 56.8 Å². The van der Waals surface area contributed by atoms with Gasteiger partial charge in [0.05, 0.1) is 49.9 Å². The van der Waals surface area contributed by atoms with Gasteiger partial charge in [0.15, 0.2) is 13.2 Å². The molecule has 14 bridgehead atoms. The van der Waals surface area contributed by atoms with Gasteiger partial charge in [-0.25, -0.2) is 9.59 Å². The lowest BCUT2D eigenvalue weighted by molar-refractivity contribution is -0.249. The van der Waals surface area contributed by atoms with E-state index >= 15 is 0 Å². The monoisotopic (exact) mass is 1930 g/mol. The molecule has 792 valence electrons. The van der Waals surface area contributed by atoms with E-state index in [0.717, 1.165) is 121 Å². The van der Waals surface area contributed by atoms with Gasteiger partial charge in [0, 0.05) is 24.2 Å². The predicted octanol–water partition coefficient (Wildman–Crippen LogP) is 26.0. The number of hydrogen-bond acceptors (Lipinski definition) is 23. The normalized spacial score (nSPS) is 30.9. The Morgan fingerprint density at radius 1 is 0.410 bits per heavy atom. The molecule has 4 aliphatic heterocycles. The van der Waals surface area contributed by atoms with Crippen LogP contribution in [0, 0.1) is 104 Å². The summed E-state index contributed by atoms with van der Waals surface area (Å²) in [6.45, 7) is 35.2. The van der Waals surface area contributed by atoms with E-state index in [9.17, 15) is 70.6 Å². The van der Waals surface area contributed by atoms with E-state index in [1.54, 1.807) is 48.5 Å². The van der Waals surface area contributed by atoms with Gasteiger partial charge in [-0.05, 0) is 311 Å². The van der Waals surface area contributed by atoms with E-state index < -0.39 is 101 Å². The molecule has 0 aromatic carbocycles. The number of hydrogen-bond donors (Lipinski definition) is 1. The summed E-state index contributed by atoms with van der Waals surface area (Å²) in [7, 11) is 0. The lowest BCUT2D eigenvalue weighted by Gasteiger charge is -2.60. The molecule has 12 unspecified atom stereocenters. The highest BCUT2D eigenvalue weighted by molar-refractivity contribution is 5.82. The van der Waals surface area contributed by atoms with Gasteiger partial charge in [-0.3, -0.25) is 38.4 Å². The zero-order valence-electron chi connectivity index (χ0n) is 77.4. The third kappa shape index (κ3) is 31.2. The summed E-state index contributed by atoms with van der Waals surface area (Å²) in [6, 6.07) is 0. The molecule has 17 rings (SSSR count). The SMILES string of the molecule is C.C.C.C.C.C.C.C.C.C.C.C.CCC(C)(C)C(=O)OC1(CC)C2CC3CC(C2)CC1C3.CCC(C)(C)C(=O)OC12CC3CC(CC(O)(C3)C1)C2.CCC(C)(C)C(=O)OCC(=O)OC1C2CC3C(=O)OC1C3C2.CCC(C)(C)C(=O)OCC(=O)OC1C2CC3CC(C2)C(=O)OC1C3.CCC(C)(C)C(=O)OCC1(C)OCC(F)(F)C(F)(F)CO1.CCC1(OC(=O)C(C)(C)CC)CCCCC1. The second-order valence-electron chi connectivity index (χ2n) is 43.1. The number of rotatable bonds is 25. The van der Waals surface area contributed by atoms with Crippen molar-refractivity contribution >= 4 is 59.7 Å². The maximum absolute atomic E-state index is 13.2. The summed E-state index contributed by atoms with van der Waals surface area (Å²) >= 11 is 0. The molecule has 13 aliphatic carbocycles. The molecule has 12 atom stereocenters. The molecule has 134 heavy (non-hydrogen) atoms. The molecule has 27 heteroatoms. The molecule has 0 amide bonds. The van der Waals surface area contributed by atoms with Crippen molar-refractivity contribution in [3.05, 3.63) is 0 Å².